The minimum Gasteiger partial charge on any atom is -0.320 e. The van der Waals surface area contributed by atoms with E-state index in [2.05, 4.69) is 20.7 Å². The minimum absolute atomic E-state index is 0.188. The van der Waals surface area contributed by atoms with E-state index in [1.165, 1.54) is 24.3 Å². The van der Waals surface area contributed by atoms with Crippen molar-refractivity contribution in [3.63, 3.8) is 0 Å². The first kappa shape index (κ1) is 11.5. The van der Waals surface area contributed by atoms with E-state index in [4.69, 9.17) is 0 Å². The Labute approximate surface area is 88.0 Å². The van der Waals surface area contributed by atoms with Crippen LogP contribution < -0.4 is 0 Å². The van der Waals surface area contributed by atoms with Crippen LogP contribution in [0, 0.1) is 0 Å². The van der Waals surface area contributed by atoms with Crippen molar-refractivity contribution >= 4 is 15.9 Å². The quantitative estimate of drug-likeness (QED) is 0.764. The van der Waals surface area contributed by atoms with Crippen LogP contribution in [0.15, 0.2) is 30.3 Å². The van der Waals surface area contributed by atoms with Crippen LogP contribution in [0.2, 0.25) is 0 Å². The molecule has 0 fully saturated rings. The van der Waals surface area contributed by atoms with E-state index >= 15 is 0 Å². The lowest BCUT2D eigenvalue weighted by molar-refractivity contribution is -0.271. The highest BCUT2D eigenvalue weighted by Crippen LogP contribution is 2.46. The molecule has 0 aliphatic carbocycles. The van der Waals surface area contributed by atoms with Crippen molar-refractivity contribution in [2.75, 3.05) is 7.11 Å². The molecular formula is C9H8BrF3O. The van der Waals surface area contributed by atoms with E-state index in [0.29, 0.717) is 0 Å². The third-order valence-electron chi connectivity index (χ3n) is 1.76. The standard InChI is InChI=1S/C9H8BrF3O/c1-14-9(12,13)8(10,11)7-5-3-2-4-6-7/h2-6H,1H3. The Morgan fingerprint density at radius 1 is 1.14 bits per heavy atom. The molecule has 0 spiro atoms. The fourth-order valence-electron chi connectivity index (χ4n) is 0.944. The summed E-state index contributed by atoms with van der Waals surface area (Å²) in [6.45, 7) is 0. The lowest BCUT2D eigenvalue weighted by Gasteiger charge is -2.26. The van der Waals surface area contributed by atoms with Gasteiger partial charge in [-0.1, -0.05) is 30.3 Å². The Morgan fingerprint density at radius 3 is 2.07 bits per heavy atom. The molecule has 0 radical (unpaired) electrons. The molecule has 5 heteroatoms. The second kappa shape index (κ2) is 3.90. The highest BCUT2D eigenvalue weighted by molar-refractivity contribution is 9.09. The van der Waals surface area contributed by atoms with E-state index in [1.54, 1.807) is 6.07 Å². The summed E-state index contributed by atoms with van der Waals surface area (Å²) in [6, 6.07) is 7.05. The van der Waals surface area contributed by atoms with Crippen molar-refractivity contribution in [2.24, 2.45) is 0 Å². The van der Waals surface area contributed by atoms with Gasteiger partial charge >= 0.3 is 6.11 Å². The Morgan fingerprint density at radius 2 is 1.64 bits per heavy atom. The first-order valence-corrected chi connectivity index (χ1v) is 4.57. The third-order valence-corrected chi connectivity index (χ3v) is 2.68. The predicted octanol–water partition coefficient (Wildman–Crippen LogP) is 3.44. The average molecular weight is 269 g/mol. The minimum atomic E-state index is -3.91. The Balaban J connectivity index is 3.08. The lowest BCUT2D eigenvalue weighted by Crippen LogP contribution is -2.38. The molecule has 1 atom stereocenters. The first-order valence-electron chi connectivity index (χ1n) is 3.78. The number of hydrogen-bond donors (Lipinski definition) is 0. The molecule has 1 nitrogen and oxygen atoms in total. The molecule has 0 saturated heterocycles. The molecule has 1 aromatic carbocycles. The molecule has 14 heavy (non-hydrogen) atoms. The Bertz CT molecular complexity index is 300. The number of ether oxygens (including phenoxy) is 1. The van der Waals surface area contributed by atoms with E-state index in [9.17, 15) is 13.2 Å². The molecule has 0 aliphatic heterocycles. The highest BCUT2D eigenvalue weighted by Gasteiger charge is 2.55. The van der Waals surface area contributed by atoms with Crippen LogP contribution in [0.25, 0.3) is 0 Å². The van der Waals surface area contributed by atoms with Crippen molar-refractivity contribution in [2.45, 2.75) is 10.7 Å². The van der Waals surface area contributed by atoms with Gasteiger partial charge in [-0.3, -0.25) is 0 Å². The summed E-state index contributed by atoms with van der Waals surface area (Å²) in [6.07, 6.45) is -3.91. The second-order valence-electron chi connectivity index (χ2n) is 2.66. The number of methoxy groups -OCH3 is 1. The summed E-state index contributed by atoms with van der Waals surface area (Å²) >= 11 is 2.33. The zero-order valence-corrected chi connectivity index (χ0v) is 8.89. The van der Waals surface area contributed by atoms with E-state index in [1.807, 2.05) is 0 Å². The molecule has 1 unspecified atom stereocenters. The van der Waals surface area contributed by atoms with Gasteiger partial charge in [-0.15, -0.1) is 0 Å². The zero-order valence-electron chi connectivity index (χ0n) is 7.31. The van der Waals surface area contributed by atoms with Gasteiger partial charge in [0, 0.05) is 12.7 Å². The topological polar surface area (TPSA) is 9.23 Å². The maximum absolute atomic E-state index is 13.6. The molecule has 0 heterocycles. The monoisotopic (exact) mass is 268 g/mol. The lowest BCUT2D eigenvalue weighted by atomic mass is 10.1. The van der Waals surface area contributed by atoms with Crippen molar-refractivity contribution in [1.29, 1.82) is 0 Å². The fourth-order valence-corrected chi connectivity index (χ4v) is 1.37. The number of benzene rings is 1. The average Bonchev–Trinajstić information content (AvgIpc) is 2.19. The van der Waals surface area contributed by atoms with Crippen LogP contribution in [0.4, 0.5) is 13.2 Å². The van der Waals surface area contributed by atoms with Crippen LogP contribution in [0.5, 0.6) is 0 Å². The molecule has 0 aromatic heterocycles. The van der Waals surface area contributed by atoms with Crippen molar-refractivity contribution in [1.82, 2.24) is 0 Å². The van der Waals surface area contributed by atoms with Crippen LogP contribution in [-0.4, -0.2) is 13.2 Å². The predicted molar refractivity (Wildman–Crippen MR) is 50.1 cm³/mol. The van der Waals surface area contributed by atoms with Crippen LogP contribution in [0.1, 0.15) is 5.56 Å². The van der Waals surface area contributed by atoms with Gasteiger partial charge in [0.1, 0.15) is 0 Å². The summed E-state index contributed by atoms with van der Waals surface area (Å²) in [5, 5.41) is 0. The van der Waals surface area contributed by atoms with Crippen molar-refractivity contribution in [3.05, 3.63) is 35.9 Å². The van der Waals surface area contributed by atoms with Gasteiger partial charge in [-0.25, -0.2) is 4.39 Å². The van der Waals surface area contributed by atoms with Gasteiger partial charge < -0.3 is 4.74 Å². The molecule has 0 bridgehead atoms. The van der Waals surface area contributed by atoms with Crippen LogP contribution in [0.3, 0.4) is 0 Å². The summed E-state index contributed by atoms with van der Waals surface area (Å²) in [5.74, 6) is 0. The smallest absolute Gasteiger partial charge is 0.320 e. The van der Waals surface area contributed by atoms with Crippen molar-refractivity contribution in [3.8, 4) is 0 Å². The molecular weight excluding hydrogens is 261 g/mol. The third kappa shape index (κ3) is 1.93. The molecule has 0 saturated carbocycles. The molecule has 0 amide bonds. The number of halogens is 4. The van der Waals surface area contributed by atoms with Crippen molar-refractivity contribution < 1.29 is 17.9 Å². The Kier molecular flexibility index (Phi) is 3.21. The van der Waals surface area contributed by atoms with Gasteiger partial charge in [-0.05, 0) is 15.9 Å². The maximum atomic E-state index is 13.6. The highest BCUT2D eigenvalue weighted by atomic mass is 79.9. The number of rotatable bonds is 3. The maximum Gasteiger partial charge on any atom is 0.403 e. The van der Waals surface area contributed by atoms with Gasteiger partial charge in [0.05, 0.1) is 0 Å². The van der Waals surface area contributed by atoms with E-state index in [0.717, 1.165) is 7.11 Å². The first-order chi connectivity index (χ1) is 6.42. The molecule has 1 aromatic rings. The molecule has 0 N–H and O–H groups in total. The zero-order chi connectivity index (χ0) is 10.8. The SMILES string of the molecule is COC(F)(F)C(F)(Br)c1ccccc1. The molecule has 0 aliphatic rings. The van der Waals surface area contributed by atoms with Gasteiger partial charge in [0.2, 0.25) is 0 Å². The Hall–Kier alpha value is -0.550. The van der Waals surface area contributed by atoms with Crippen LogP contribution >= 0.6 is 15.9 Å². The molecule has 1 rings (SSSR count). The molecule has 78 valence electrons. The van der Waals surface area contributed by atoms with Gasteiger partial charge in [0.25, 0.3) is 4.58 Å². The van der Waals surface area contributed by atoms with E-state index < -0.39 is 10.7 Å². The summed E-state index contributed by atoms with van der Waals surface area (Å²) in [4.78, 5) is 0. The van der Waals surface area contributed by atoms with Gasteiger partial charge in [-0.2, -0.15) is 8.78 Å². The largest absolute Gasteiger partial charge is 0.403 e. The van der Waals surface area contributed by atoms with Crippen LogP contribution in [-0.2, 0) is 9.31 Å². The second-order valence-corrected chi connectivity index (χ2v) is 3.75. The fraction of sp³-hybridized carbons (Fsp3) is 0.333. The summed E-state index contributed by atoms with van der Waals surface area (Å²) in [5.41, 5.74) is -0.188. The normalized spacial score (nSPS) is 16.4. The van der Waals surface area contributed by atoms with Gasteiger partial charge in [0.15, 0.2) is 0 Å². The number of alkyl halides is 4. The summed E-state index contributed by atoms with van der Waals surface area (Å²) < 4.78 is 40.4. The summed E-state index contributed by atoms with van der Waals surface area (Å²) in [7, 11) is 0.749. The number of hydrogen-bond acceptors (Lipinski definition) is 1. The van der Waals surface area contributed by atoms with E-state index in [-0.39, 0.29) is 5.56 Å².